The van der Waals surface area contributed by atoms with Gasteiger partial charge in [-0.3, -0.25) is 4.79 Å². The molecular formula is C19H30N2O. The maximum absolute atomic E-state index is 12.3. The number of piperidine rings is 1. The van der Waals surface area contributed by atoms with E-state index < -0.39 is 0 Å². The van der Waals surface area contributed by atoms with Gasteiger partial charge in [0.1, 0.15) is 0 Å². The topological polar surface area (TPSA) is 46.3 Å². The molecule has 1 aliphatic rings. The number of hydrogen-bond acceptors (Lipinski definition) is 2. The second-order valence-electron chi connectivity index (χ2n) is 7.06. The van der Waals surface area contributed by atoms with Crippen molar-refractivity contribution in [3.63, 3.8) is 0 Å². The van der Waals surface area contributed by atoms with Gasteiger partial charge < -0.3 is 10.6 Å². The van der Waals surface area contributed by atoms with Crippen molar-refractivity contribution in [2.45, 2.75) is 52.5 Å². The highest BCUT2D eigenvalue weighted by Crippen LogP contribution is 2.23. The molecule has 0 aliphatic carbocycles. The van der Waals surface area contributed by atoms with Gasteiger partial charge in [0.25, 0.3) is 0 Å². The summed E-state index contributed by atoms with van der Waals surface area (Å²) < 4.78 is 0. The van der Waals surface area contributed by atoms with Crippen LogP contribution in [0.25, 0.3) is 0 Å². The van der Waals surface area contributed by atoms with E-state index in [4.69, 9.17) is 5.73 Å². The molecule has 2 N–H and O–H groups in total. The van der Waals surface area contributed by atoms with E-state index >= 15 is 0 Å². The summed E-state index contributed by atoms with van der Waals surface area (Å²) in [5, 5.41) is 0. The minimum Gasteiger partial charge on any atom is -0.341 e. The lowest BCUT2D eigenvalue weighted by Gasteiger charge is -2.34. The molecule has 1 heterocycles. The Labute approximate surface area is 134 Å². The Kier molecular flexibility index (Phi) is 6.01. The average molecular weight is 302 g/mol. The molecule has 0 bridgehead atoms. The number of benzene rings is 1. The molecule has 1 amide bonds. The smallest absolute Gasteiger partial charge is 0.239 e. The largest absolute Gasteiger partial charge is 0.341 e. The number of amides is 1. The predicted octanol–water partition coefficient (Wildman–Crippen LogP) is 3.15. The van der Waals surface area contributed by atoms with Crippen LogP contribution >= 0.6 is 0 Å². The van der Waals surface area contributed by atoms with E-state index in [1.165, 1.54) is 17.5 Å². The predicted molar refractivity (Wildman–Crippen MR) is 91.6 cm³/mol. The molecule has 3 heteroatoms. The molecule has 0 spiro atoms. The lowest BCUT2D eigenvalue weighted by atomic mass is 9.90. The summed E-state index contributed by atoms with van der Waals surface area (Å²) >= 11 is 0. The Morgan fingerprint density at radius 2 is 1.82 bits per heavy atom. The molecule has 1 aliphatic heterocycles. The number of carbonyl (C=O) groups is 1. The van der Waals surface area contributed by atoms with Crippen molar-refractivity contribution in [3.8, 4) is 0 Å². The highest BCUT2D eigenvalue weighted by atomic mass is 16.2. The molecule has 0 saturated carbocycles. The summed E-state index contributed by atoms with van der Waals surface area (Å²) in [4.78, 5) is 14.2. The molecule has 1 atom stereocenters. The van der Waals surface area contributed by atoms with Gasteiger partial charge in [-0.15, -0.1) is 0 Å². The molecule has 1 fully saturated rings. The Morgan fingerprint density at radius 1 is 1.23 bits per heavy atom. The van der Waals surface area contributed by atoms with Gasteiger partial charge in [-0.2, -0.15) is 0 Å². The first-order valence-corrected chi connectivity index (χ1v) is 8.57. The maximum atomic E-state index is 12.3. The number of aryl methyl sites for hydroxylation is 2. The van der Waals surface area contributed by atoms with Gasteiger partial charge in [-0.25, -0.2) is 0 Å². The number of carbonyl (C=O) groups excluding carboxylic acids is 1. The van der Waals surface area contributed by atoms with Crippen molar-refractivity contribution in [2.24, 2.45) is 17.6 Å². The molecule has 3 nitrogen and oxygen atoms in total. The molecule has 1 aromatic rings. The van der Waals surface area contributed by atoms with Gasteiger partial charge in [0.05, 0.1) is 6.04 Å². The van der Waals surface area contributed by atoms with E-state index in [1.807, 2.05) is 18.7 Å². The van der Waals surface area contributed by atoms with Crippen LogP contribution in [0.5, 0.6) is 0 Å². The van der Waals surface area contributed by atoms with Crippen molar-refractivity contribution in [1.82, 2.24) is 4.90 Å². The average Bonchev–Trinajstić information content (AvgIpc) is 2.53. The van der Waals surface area contributed by atoms with Crippen molar-refractivity contribution < 1.29 is 4.79 Å². The first-order chi connectivity index (χ1) is 10.5. The second kappa shape index (κ2) is 7.77. The molecule has 0 radical (unpaired) electrons. The zero-order valence-corrected chi connectivity index (χ0v) is 14.2. The van der Waals surface area contributed by atoms with Crippen LogP contribution in [-0.2, 0) is 11.2 Å². The zero-order chi connectivity index (χ0) is 16.1. The normalized spacial score (nSPS) is 17.8. The van der Waals surface area contributed by atoms with Gasteiger partial charge in [0, 0.05) is 13.1 Å². The van der Waals surface area contributed by atoms with Crippen molar-refractivity contribution in [3.05, 3.63) is 35.4 Å². The lowest BCUT2D eigenvalue weighted by Crippen LogP contribution is -2.49. The Balaban J connectivity index is 1.75. The second-order valence-corrected chi connectivity index (χ2v) is 7.06. The first kappa shape index (κ1) is 17.0. The Bertz CT molecular complexity index is 473. The van der Waals surface area contributed by atoms with E-state index in [9.17, 15) is 4.79 Å². The van der Waals surface area contributed by atoms with E-state index in [0.717, 1.165) is 38.3 Å². The zero-order valence-electron chi connectivity index (χ0n) is 14.2. The molecule has 1 saturated heterocycles. The minimum absolute atomic E-state index is 0.131. The molecule has 1 aromatic carbocycles. The molecule has 22 heavy (non-hydrogen) atoms. The third kappa shape index (κ3) is 4.57. The van der Waals surface area contributed by atoms with E-state index in [2.05, 4.69) is 31.2 Å². The third-order valence-electron chi connectivity index (χ3n) is 4.89. The van der Waals surface area contributed by atoms with E-state index in [1.54, 1.807) is 0 Å². The van der Waals surface area contributed by atoms with Crippen molar-refractivity contribution >= 4 is 5.91 Å². The minimum atomic E-state index is -0.343. The fourth-order valence-corrected chi connectivity index (χ4v) is 3.06. The summed E-state index contributed by atoms with van der Waals surface area (Å²) in [6.07, 6.45) is 4.59. The Hall–Kier alpha value is -1.35. The standard InChI is InChI=1S/C19H30N2O/c1-14(2)18(20)19(22)21-12-10-17(11-13-21)9-8-16-6-4-15(3)5-7-16/h4-7,14,17-18H,8-13,20H2,1-3H3/t18-/m1/s1. The lowest BCUT2D eigenvalue weighted by molar-refractivity contribution is -0.135. The highest BCUT2D eigenvalue weighted by Gasteiger charge is 2.27. The van der Waals surface area contributed by atoms with Crippen LogP contribution < -0.4 is 5.73 Å². The summed E-state index contributed by atoms with van der Waals surface area (Å²) in [7, 11) is 0. The number of likely N-dealkylation sites (tertiary alicyclic amines) is 1. The molecule has 0 unspecified atom stereocenters. The summed E-state index contributed by atoms with van der Waals surface area (Å²) in [6.45, 7) is 7.89. The summed E-state index contributed by atoms with van der Waals surface area (Å²) in [6, 6.07) is 8.49. The van der Waals surface area contributed by atoms with E-state index in [0.29, 0.717) is 0 Å². The SMILES string of the molecule is Cc1ccc(CCC2CCN(C(=O)[C@H](N)C(C)C)CC2)cc1. The number of hydrogen-bond donors (Lipinski definition) is 1. The number of rotatable bonds is 5. The summed E-state index contributed by atoms with van der Waals surface area (Å²) in [5.74, 6) is 1.08. The fourth-order valence-electron chi connectivity index (χ4n) is 3.06. The van der Waals surface area contributed by atoms with Crippen molar-refractivity contribution in [2.75, 3.05) is 13.1 Å². The fraction of sp³-hybridized carbons (Fsp3) is 0.632. The van der Waals surface area contributed by atoms with Crippen LogP contribution in [-0.4, -0.2) is 29.9 Å². The highest BCUT2D eigenvalue weighted by molar-refractivity contribution is 5.82. The van der Waals surface area contributed by atoms with Gasteiger partial charge in [-0.05, 0) is 50.0 Å². The van der Waals surface area contributed by atoms with Crippen LogP contribution in [0.4, 0.5) is 0 Å². The van der Waals surface area contributed by atoms with Crippen LogP contribution in [0.2, 0.25) is 0 Å². The quantitative estimate of drug-likeness (QED) is 0.908. The third-order valence-corrected chi connectivity index (χ3v) is 4.89. The summed E-state index contributed by atoms with van der Waals surface area (Å²) in [5.41, 5.74) is 8.72. The van der Waals surface area contributed by atoms with Gasteiger partial charge in [0.15, 0.2) is 0 Å². The molecule has 0 aromatic heterocycles. The van der Waals surface area contributed by atoms with Crippen LogP contribution in [0.1, 0.15) is 44.2 Å². The Morgan fingerprint density at radius 3 is 2.36 bits per heavy atom. The number of nitrogens with two attached hydrogens (primary N) is 1. The van der Waals surface area contributed by atoms with Gasteiger partial charge >= 0.3 is 0 Å². The van der Waals surface area contributed by atoms with E-state index in [-0.39, 0.29) is 17.9 Å². The monoisotopic (exact) mass is 302 g/mol. The van der Waals surface area contributed by atoms with Crippen molar-refractivity contribution in [1.29, 1.82) is 0 Å². The van der Waals surface area contributed by atoms with Crippen LogP contribution in [0.3, 0.4) is 0 Å². The van der Waals surface area contributed by atoms with Crippen LogP contribution in [0.15, 0.2) is 24.3 Å². The molecule has 122 valence electrons. The molecule has 2 rings (SSSR count). The maximum Gasteiger partial charge on any atom is 0.239 e. The first-order valence-electron chi connectivity index (χ1n) is 8.57. The van der Waals surface area contributed by atoms with Gasteiger partial charge in [0.2, 0.25) is 5.91 Å². The number of nitrogens with zero attached hydrogens (tertiary/aromatic N) is 1. The van der Waals surface area contributed by atoms with Crippen LogP contribution in [0, 0.1) is 18.8 Å². The molecular weight excluding hydrogens is 272 g/mol. The van der Waals surface area contributed by atoms with Gasteiger partial charge in [-0.1, -0.05) is 43.7 Å².